The standard InChI is InChI=1S/C55H77N13O5/c1-3-73-48-34-46(72-2)11-10-44(48)35-56-36-49(69)68-20-5-9-45(38-68)42-7-4-8-43(33-42)53(71)67-21-13-41(14-22-67)37-63-25-27-64(28-26-63)39-50(70)65-31-29-62(30-32-65)19-6-17-58-54-55(61-54)15-23-66(24-16-55)52-47-12-18-57-51(47)59-40-60-52/h4,7-8,10-12,18,33-34,40-41,45,56H,3,5-6,9,13-17,19-32,35-39H2,1-2H3,(H,58,61)(H,57,59,60). The second kappa shape index (κ2) is 23.6. The van der Waals surface area contributed by atoms with Crippen LogP contribution in [0.1, 0.15) is 79.3 Å². The number of rotatable bonds is 18. The lowest BCUT2D eigenvalue weighted by Crippen LogP contribution is -2.54. The molecular weight excluding hydrogens is 923 g/mol. The summed E-state index contributed by atoms with van der Waals surface area (Å²) >= 11 is 0. The molecule has 1 spiro atoms. The van der Waals surface area contributed by atoms with Gasteiger partial charge in [-0.3, -0.25) is 29.2 Å². The van der Waals surface area contributed by atoms with E-state index in [0.29, 0.717) is 32.2 Å². The highest BCUT2D eigenvalue weighted by Crippen LogP contribution is 2.36. The summed E-state index contributed by atoms with van der Waals surface area (Å²) in [6.45, 7) is 18.8. The van der Waals surface area contributed by atoms with Gasteiger partial charge in [0, 0.05) is 147 Å². The highest BCUT2D eigenvalue weighted by Gasteiger charge is 2.52. The van der Waals surface area contributed by atoms with Crippen molar-refractivity contribution in [3.63, 3.8) is 0 Å². The summed E-state index contributed by atoms with van der Waals surface area (Å²) in [4.78, 5) is 73.5. The molecule has 2 aromatic heterocycles. The molecule has 4 aromatic rings. The lowest BCUT2D eigenvalue weighted by molar-refractivity contribution is -0.134. The van der Waals surface area contributed by atoms with Crippen LogP contribution in [0.15, 0.2) is 66.0 Å². The van der Waals surface area contributed by atoms with E-state index in [0.717, 1.165) is 195 Å². The smallest absolute Gasteiger partial charge is 0.253 e. The molecule has 0 aliphatic carbocycles. The molecule has 10 rings (SSSR count). The predicted octanol–water partition coefficient (Wildman–Crippen LogP) is 3.91. The number of carbonyl (C=O) groups excluding carboxylic acids is 3. The number of methoxy groups -OCH3 is 1. The van der Waals surface area contributed by atoms with Gasteiger partial charge < -0.3 is 49.6 Å². The van der Waals surface area contributed by atoms with E-state index < -0.39 is 0 Å². The topological polar surface area (TPSA) is 180 Å². The molecule has 0 saturated carbocycles. The number of fused-ring (bicyclic) bond motifs is 1. The van der Waals surface area contributed by atoms with Crippen LogP contribution in [-0.2, 0) is 16.1 Å². The summed E-state index contributed by atoms with van der Waals surface area (Å²) in [5.41, 5.74) is 3.82. The summed E-state index contributed by atoms with van der Waals surface area (Å²) in [5.74, 6) is 4.91. The number of nitrogens with zero attached hydrogens (tertiary/aromatic N) is 10. The first kappa shape index (κ1) is 50.7. The number of aromatic amines is 1. The summed E-state index contributed by atoms with van der Waals surface area (Å²) in [6, 6.07) is 16.0. The molecule has 6 aliphatic heterocycles. The average Bonchev–Trinajstić information content (AvgIpc) is 3.85. The molecule has 0 radical (unpaired) electrons. The van der Waals surface area contributed by atoms with E-state index in [1.807, 2.05) is 53.3 Å². The maximum Gasteiger partial charge on any atom is 0.253 e. The van der Waals surface area contributed by atoms with Gasteiger partial charge in [-0.25, -0.2) is 9.97 Å². The molecule has 2 aromatic carbocycles. The van der Waals surface area contributed by atoms with E-state index in [1.165, 1.54) is 5.84 Å². The van der Waals surface area contributed by atoms with E-state index in [9.17, 15) is 14.4 Å². The minimum Gasteiger partial charge on any atom is -0.497 e. The van der Waals surface area contributed by atoms with Crippen molar-refractivity contribution < 1.29 is 23.9 Å². The number of amides is 3. The Labute approximate surface area is 430 Å². The number of carbonyl (C=O) groups is 3. The van der Waals surface area contributed by atoms with Crippen molar-refractivity contribution in [2.45, 2.75) is 69.9 Å². The number of H-pyrrole nitrogens is 1. The molecule has 8 heterocycles. The van der Waals surface area contributed by atoms with Crippen molar-refractivity contribution in [2.24, 2.45) is 10.9 Å². The third kappa shape index (κ3) is 12.4. The fraction of sp³-hybridized carbons (Fsp3) is 0.600. The number of benzene rings is 2. The lowest BCUT2D eigenvalue weighted by Gasteiger charge is -2.40. The van der Waals surface area contributed by atoms with Crippen LogP contribution in [-0.4, -0.2) is 212 Å². The van der Waals surface area contributed by atoms with Crippen molar-refractivity contribution in [3.05, 3.63) is 77.7 Å². The molecule has 6 fully saturated rings. The van der Waals surface area contributed by atoms with Gasteiger partial charge in [-0.05, 0) is 87.6 Å². The number of likely N-dealkylation sites (tertiary alicyclic amines) is 2. The average molecular weight is 1000 g/mol. The molecule has 1 unspecified atom stereocenters. The number of piperazine rings is 2. The molecular formula is C55H77N13O5. The molecule has 0 bridgehead atoms. The molecule has 3 amide bonds. The molecule has 3 N–H and O–H groups in total. The van der Waals surface area contributed by atoms with Crippen LogP contribution in [0.5, 0.6) is 11.5 Å². The number of hydrogen-bond donors (Lipinski definition) is 3. The zero-order valence-electron chi connectivity index (χ0n) is 43.2. The van der Waals surface area contributed by atoms with Gasteiger partial charge >= 0.3 is 0 Å². The Balaban J connectivity index is 0.580. The Morgan fingerprint density at radius 2 is 1.62 bits per heavy atom. The lowest BCUT2D eigenvalue weighted by atomic mass is 9.89. The van der Waals surface area contributed by atoms with Gasteiger partial charge in [0.2, 0.25) is 11.8 Å². The van der Waals surface area contributed by atoms with Crippen LogP contribution in [0.25, 0.3) is 11.0 Å². The second-order valence-electron chi connectivity index (χ2n) is 21.1. The number of nitrogens with one attached hydrogen (secondary N) is 3. The SMILES string of the molecule is CCOc1cc(OC)ccc1CNCC(=O)N1CCCC(c2cccc(C(=O)N3CCC(CN4CCN(CC(=O)N5CCN(CCCN=C6NC67CCN(c6ncnc8[nH]ccc68)CC7)CC5)CC4)CC3)c2)C1. The van der Waals surface area contributed by atoms with Crippen molar-refractivity contribution in [1.29, 1.82) is 0 Å². The Morgan fingerprint density at radius 1 is 0.822 bits per heavy atom. The summed E-state index contributed by atoms with van der Waals surface area (Å²) in [6.07, 6.45) is 10.6. The van der Waals surface area contributed by atoms with Gasteiger partial charge in [0.05, 0.1) is 37.7 Å². The minimum absolute atomic E-state index is 0.0680. The fourth-order valence-electron chi connectivity index (χ4n) is 11.9. The maximum atomic E-state index is 13.8. The van der Waals surface area contributed by atoms with E-state index in [1.54, 1.807) is 13.4 Å². The Morgan fingerprint density at radius 3 is 2.41 bits per heavy atom. The number of hydrogen-bond acceptors (Lipinski definition) is 13. The number of aliphatic imine (C=N–C) groups is 1. The zero-order valence-corrected chi connectivity index (χ0v) is 43.2. The van der Waals surface area contributed by atoms with E-state index >= 15 is 0 Å². The number of amidine groups is 1. The first-order chi connectivity index (χ1) is 35.7. The van der Waals surface area contributed by atoms with Crippen LogP contribution in [0.2, 0.25) is 0 Å². The number of ether oxygens (including phenoxy) is 2. The zero-order chi connectivity index (χ0) is 50.2. The van der Waals surface area contributed by atoms with Gasteiger partial charge in [0.15, 0.2) is 0 Å². The summed E-state index contributed by atoms with van der Waals surface area (Å²) < 4.78 is 11.2. The predicted molar refractivity (Wildman–Crippen MR) is 284 cm³/mol. The summed E-state index contributed by atoms with van der Waals surface area (Å²) in [5, 5.41) is 8.03. The van der Waals surface area contributed by atoms with Gasteiger partial charge in [-0.2, -0.15) is 0 Å². The van der Waals surface area contributed by atoms with E-state index in [4.69, 9.17) is 14.5 Å². The summed E-state index contributed by atoms with van der Waals surface area (Å²) in [7, 11) is 1.64. The Bertz CT molecular complexity index is 2540. The molecule has 392 valence electrons. The molecule has 6 saturated heterocycles. The van der Waals surface area contributed by atoms with Crippen LogP contribution < -0.4 is 25.0 Å². The van der Waals surface area contributed by atoms with Gasteiger partial charge in [-0.1, -0.05) is 18.2 Å². The fourth-order valence-corrected chi connectivity index (χ4v) is 11.9. The third-order valence-corrected chi connectivity index (χ3v) is 16.4. The monoisotopic (exact) mass is 1000 g/mol. The van der Waals surface area contributed by atoms with Gasteiger partial charge in [0.25, 0.3) is 5.91 Å². The van der Waals surface area contributed by atoms with Crippen LogP contribution >= 0.6 is 0 Å². The second-order valence-corrected chi connectivity index (χ2v) is 21.1. The van der Waals surface area contributed by atoms with Crippen molar-refractivity contribution in [1.82, 2.24) is 55.0 Å². The number of aromatic nitrogens is 3. The van der Waals surface area contributed by atoms with Gasteiger partial charge in [0.1, 0.15) is 35.1 Å². The molecule has 1 atom stereocenters. The molecule has 6 aliphatic rings. The van der Waals surface area contributed by atoms with E-state index in [-0.39, 0.29) is 35.7 Å². The van der Waals surface area contributed by atoms with Crippen molar-refractivity contribution >= 4 is 40.4 Å². The molecule has 73 heavy (non-hydrogen) atoms. The van der Waals surface area contributed by atoms with Crippen LogP contribution in [0.4, 0.5) is 5.82 Å². The highest BCUT2D eigenvalue weighted by molar-refractivity contribution is 6.07. The number of anilines is 1. The first-order valence-electron chi connectivity index (χ1n) is 27.2. The van der Waals surface area contributed by atoms with Crippen molar-refractivity contribution in [3.8, 4) is 11.5 Å². The first-order valence-corrected chi connectivity index (χ1v) is 27.2. The maximum absolute atomic E-state index is 13.8. The normalized spacial score (nSPS) is 21.7. The van der Waals surface area contributed by atoms with Crippen LogP contribution in [0.3, 0.4) is 0 Å². The minimum atomic E-state index is 0.0680. The number of piperidine rings is 3. The van der Waals surface area contributed by atoms with Crippen LogP contribution in [0, 0.1) is 5.92 Å². The quantitative estimate of drug-likeness (QED) is 0.0967. The Hall–Kier alpha value is -5.82. The largest absolute Gasteiger partial charge is 0.497 e. The highest BCUT2D eigenvalue weighted by atomic mass is 16.5. The van der Waals surface area contributed by atoms with Crippen molar-refractivity contribution in [2.75, 3.05) is 143 Å². The third-order valence-electron chi connectivity index (χ3n) is 16.4. The van der Waals surface area contributed by atoms with Gasteiger partial charge in [-0.15, -0.1) is 0 Å². The molecule has 18 heteroatoms. The Kier molecular flexibility index (Phi) is 16.4. The van der Waals surface area contributed by atoms with E-state index in [2.05, 4.69) is 68.3 Å². The molecule has 18 nitrogen and oxygen atoms in total.